The number of rotatable bonds is 7. The lowest BCUT2D eigenvalue weighted by atomic mass is 10.0. The van der Waals surface area contributed by atoms with Crippen molar-refractivity contribution in [3.05, 3.63) is 52.9 Å². The average molecular weight is 358 g/mol. The standard InChI is InChI=1S/C18H18N2O2S2/c1-3-5-13-7-9-14(10-8-13)16(21)12(2)24-18-20-19-17(22-18)15-6-4-11-23-15/h4,6-12H,3,5H2,1-2H3. The zero-order valence-electron chi connectivity index (χ0n) is 13.6. The van der Waals surface area contributed by atoms with Crippen molar-refractivity contribution in [2.24, 2.45) is 0 Å². The molecule has 0 spiro atoms. The summed E-state index contributed by atoms with van der Waals surface area (Å²) in [7, 11) is 0. The second-order valence-electron chi connectivity index (χ2n) is 5.42. The predicted molar refractivity (Wildman–Crippen MR) is 97.7 cm³/mol. The van der Waals surface area contributed by atoms with Crippen molar-refractivity contribution in [1.82, 2.24) is 10.2 Å². The molecule has 0 radical (unpaired) electrons. The molecule has 0 aliphatic heterocycles. The monoisotopic (exact) mass is 358 g/mol. The maximum absolute atomic E-state index is 12.5. The number of carbonyl (C=O) groups is 1. The van der Waals surface area contributed by atoms with Crippen LogP contribution in [0.5, 0.6) is 0 Å². The summed E-state index contributed by atoms with van der Waals surface area (Å²) in [6, 6.07) is 11.7. The van der Waals surface area contributed by atoms with Crippen molar-refractivity contribution in [1.29, 1.82) is 0 Å². The highest BCUT2D eigenvalue weighted by Crippen LogP contribution is 2.29. The number of thiophene rings is 1. The molecule has 0 amide bonds. The minimum Gasteiger partial charge on any atom is -0.410 e. The molecular formula is C18H18N2O2S2. The van der Waals surface area contributed by atoms with E-state index in [1.807, 2.05) is 48.7 Å². The van der Waals surface area contributed by atoms with Crippen LogP contribution < -0.4 is 0 Å². The fourth-order valence-corrected chi connectivity index (χ4v) is 3.73. The highest BCUT2D eigenvalue weighted by molar-refractivity contribution is 8.00. The Morgan fingerprint density at radius 3 is 2.71 bits per heavy atom. The van der Waals surface area contributed by atoms with Crippen LogP contribution in [0.1, 0.15) is 36.2 Å². The van der Waals surface area contributed by atoms with Gasteiger partial charge in [-0.1, -0.05) is 55.4 Å². The van der Waals surface area contributed by atoms with E-state index < -0.39 is 0 Å². The molecule has 0 saturated heterocycles. The van der Waals surface area contributed by atoms with Crippen LogP contribution in [0.15, 0.2) is 51.4 Å². The summed E-state index contributed by atoms with van der Waals surface area (Å²) in [6.45, 7) is 4.01. The Morgan fingerprint density at radius 1 is 1.25 bits per heavy atom. The first-order chi connectivity index (χ1) is 11.7. The van der Waals surface area contributed by atoms with Crippen molar-refractivity contribution in [2.75, 3.05) is 0 Å². The number of nitrogens with zero attached hydrogens (tertiary/aromatic N) is 2. The van der Waals surface area contributed by atoms with Crippen molar-refractivity contribution in [3.8, 4) is 10.8 Å². The first-order valence-corrected chi connectivity index (χ1v) is 9.60. The van der Waals surface area contributed by atoms with E-state index in [-0.39, 0.29) is 11.0 Å². The van der Waals surface area contributed by atoms with Gasteiger partial charge in [0.1, 0.15) is 0 Å². The van der Waals surface area contributed by atoms with E-state index in [4.69, 9.17) is 4.42 Å². The van der Waals surface area contributed by atoms with Gasteiger partial charge in [-0.05, 0) is 30.4 Å². The van der Waals surface area contributed by atoms with Gasteiger partial charge in [0.2, 0.25) is 0 Å². The van der Waals surface area contributed by atoms with E-state index in [1.165, 1.54) is 17.3 Å². The number of hydrogen-bond acceptors (Lipinski definition) is 6. The van der Waals surface area contributed by atoms with Gasteiger partial charge in [0.15, 0.2) is 5.78 Å². The van der Waals surface area contributed by atoms with Gasteiger partial charge in [0.25, 0.3) is 11.1 Å². The number of Topliss-reactive ketones (excluding diaryl/α,β-unsaturated/α-hetero) is 1. The van der Waals surface area contributed by atoms with Crippen LogP contribution in [0.4, 0.5) is 0 Å². The summed E-state index contributed by atoms with van der Waals surface area (Å²) in [4.78, 5) is 13.5. The lowest BCUT2D eigenvalue weighted by molar-refractivity contribution is 0.0993. The lowest BCUT2D eigenvalue weighted by Gasteiger charge is -2.08. The molecule has 1 aromatic carbocycles. The minimum atomic E-state index is -0.279. The highest BCUT2D eigenvalue weighted by atomic mass is 32.2. The number of aromatic nitrogens is 2. The SMILES string of the molecule is CCCc1ccc(C(=O)C(C)Sc2nnc(-c3cccs3)o2)cc1. The highest BCUT2D eigenvalue weighted by Gasteiger charge is 2.20. The van der Waals surface area contributed by atoms with Crippen LogP contribution >= 0.6 is 23.1 Å². The molecule has 3 aromatic rings. The molecule has 1 unspecified atom stereocenters. The van der Waals surface area contributed by atoms with Crippen molar-refractivity contribution in [3.63, 3.8) is 0 Å². The van der Waals surface area contributed by atoms with E-state index in [9.17, 15) is 4.79 Å². The molecule has 0 N–H and O–H groups in total. The van der Waals surface area contributed by atoms with Crippen LogP contribution in [0, 0.1) is 0 Å². The fraction of sp³-hybridized carbons (Fsp3) is 0.278. The first kappa shape index (κ1) is 16.9. The summed E-state index contributed by atoms with van der Waals surface area (Å²) in [5, 5.41) is 10.2. The molecule has 1 atom stereocenters. The summed E-state index contributed by atoms with van der Waals surface area (Å²) in [5.41, 5.74) is 1.97. The third-order valence-corrected chi connectivity index (χ3v) is 5.35. The number of carbonyl (C=O) groups excluding carboxylic acids is 1. The number of ketones is 1. The lowest BCUT2D eigenvalue weighted by Crippen LogP contribution is -2.13. The predicted octanol–water partition coefficient (Wildman–Crippen LogP) is 5.11. The van der Waals surface area contributed by atoms with E-state index in [2.05, 4.69) is 17.1 Å². The summed E-state index contributed by atoms with van der Waals surface area (Å²) in [5.74, 6) is 0.565. The zero-order valence-corrected chi connectivity index (χ0v) is 15.2. The Morgan fingerprint density at radius 2 is 2.04 bits per heavy atom. The number of aryl methyl sites for hydroxylation is 1. The van der Waals surface area contributed by atoms with Crippen LogP contribution in [0.25, 0.3) is 10.8 Å². The third kappa shape index (κ3) is 3.94. The second kappa shape index (κ2) is 7.77. The largest absolute Gasteiger partial charge is 0.410 e. The fourth-order valence-electron chi connectivity index (χ4n) is 2.32. The summed E-state index contributed by atoms with van der Waals surface area (Å²) in [6.07, 6.45) is 2.13. The Labute approximate surface area is 149 Å². The van der Waals surface area contributed by atoms with Crippen LogP contribution in [0.2, 0.25) is 0 Å². The van der Waals surface area contributed by atoms with Gasteiger partial charge in [0, 0.05) is 5.56 Å². The third-order valence-electron chi connectivity index (χ3n) is 3.56. The normalized spacial score (nSPS) is 12.2. The molecule has 3 rings (SSSR count). The Bertz CT molecular complexity index is 795. The van der Waals surface area contributed by atoms with Gasteiger partial charge in [0.05, 0.1) is 10.1 Å². The molecule has 2 heterocycles. The van der Waals surface area contributed by atoms with Gasteiger partial charge in [-0.25, -0.2) is 0 Å². The minimum absolute atomic E-state index is 0.0684. The topological polar surface area (TPSA) is 56.0 Å². The van der Waals surface area contributed by atoms with Crippen LogP contribution in [0.3, 0.4) is 0 Å². The quantitative estimate of drug-likeness (QED) is 0.434. The van der Waals surface area contributed by atoms with Gasteiger partial charge >= 0.3 is 0 Å². The van der Waals surface area contributed by atoms with E-state index in [1.54, 1.807) is 11.3 Å². The second-order valence-corrected chi connectivity index (χ2v) is 7.66. The van der Waals surface area contributed by atoms with Crippen molar-refractivity contribution < 1.29 is 9.21 Å². The molecule has 24 heavy (non-hydrogen) atoms. The van der Waals surface area contributed by atoms with Gasteiger partial charge in [-0.3, -0.25) is 4.79 Å². The van der Waals surface area contributed by atoms with E-state index >= 15 is 0 Å². The molecule has 0 bridgehead atoms. The maximum Gasteiger partial charge on any atom is 0.277 e. The average Bonchev–Trinajstić information content (AvgIpc) is 3.26. The molecule has 0 aliphatic rings. The van der Waals surface area contributed by atoms with Crippen LogP contribution in [-0.2, 0) is 6.42 Å². The van der Waals surface area contributed by atoms with E-state index in [0.29, 0.717) is 16.7 Å². The zero-order chi connectivity index (χ0) is 16.9. The molecule has 0 saturated carbocycles. The molecule has 2 aromatic heterocycles. The smallest absolute Gasteiger partial charge is 0.277 e. The molecule has 6 heteroatoms. The first-order valence-electron chi connectivity index (χ1n) is 7.84. The number of benzene rings is 1. The number of thioether (sulfide) groups is 1. The maximum atomic E-state index is 12.5. The van der Waals surface area contributed by atoms with Crippen molar-refractivity contribution >= 4 is 28.9 Å². The summed E-state index contributed by atoms with van der Waals surface area (Å²) < 4.78 is 5.63. The molecule has 124 valence electrons. The molecule has 0 fully saturated rings. The van der Waals surface area contributed by atoms with Gasteiger partial charge < -0.3 is 4.42 Å². The van der Waals surface area contributed by atoms with Crippen LogP contribution in [-0.4, -0.2) is 21.2 Å². The Kier molecular flexibility index (Phi) is 5.48. The Balaban J connectivity index is 1.65. The number of hydrogen-bond donors (Lipinski definition) is 0. The van der Waals surface area contributed by atoms with Gasteiger partial charge in [-0.2, -0.15) is 0 Å². The summed E-state index contributed by atoms with van der Waals surface area (Å²) >= 11 is 2.84. The van der Waals surface area contributed by atoms with E-state index in [0.717, 1.165) is 17.7 Å². The molecular weight excluding hydrogens is 340 g/mol. The molecule has 0 aliphatic carbocycles. The van der Waals surface area contributed by atoms with Crippen molar-refractivity contribution in [2.45, 2.75) is 37.2 Å². The molecule has 4 nitrogen and oxygen atoms in total. The Hall–Kier alpha value is -1.92. The van der Waals surface area contributed by atoms with Gasteiger partial charge in [-0.15, -0.1) is 21.5 Å².